The summed E-state index contributed by atoms with van der Waals surface area (Å²) in [6.07, 6.45) is 2.99. The number of aromatic amines is 1. The number of nitrogens with one attached hydrogen (secondary N) is 2. The maximum atomic E-state index is 11.3. The number of nitrogens with zero attached hydrogens (tertiary/aromatic N) is 2. The van der Waals surface area contributed by atoms with Crippen molar-refractivity contribution in [1.29, 1.82) is 0 Å². The zero-order valence-electron chi connectivity index (χ0n) is 11.5. The van der Waals surface area contributed by atoms with Crippen LogP contribution < -0.4 is 5.32 Å². The number of rotatable bonds is 2. The van der Waals surface area contributed by atoms with Crippen LogP contribution in [0.1, 0.15) is 30.4 Å². The van der Waals surface area contributed by atoms with E-state index >= 15 is 0 Å². The maximum absolute atomic E-state index is 11.3. The molecule has 6 heteroatoms. The van der Waals surface area contributed by atoms with Crippen LogP contribution in [0.15, 0.2) is 29.0 Å². The van der Waals surface area contributed by atoms with Crippen molar-refractivity contribution in [2.75, 3.05) is 0 Å². The van der Waals surface area contributed by atoms with Crippen molar-refractivity contribution >= 4 is 16.9 Å². The number of aromatic nitrogens is 3. The van der Waals surface area contributed by atoms with Crippen molar-refractivity contribution in [3.05, 3.63) is 36.0 Å². The third kappa shape index (κ3) is 1.99. The Bertz CT molecular complexity index is 833. The largest absolute Gasteiger partial charge is 0.364 e. The Balaban J connectivity index is 1.75. The van der Waals surface area contributed by atoms with Gasteiger partial charge in [0.25, 0.3) is 0 Å². The van der Waals surface area contributed by atoms with E-state index in [4.69, 9.17) is 4.52 Å². The monoisotopic (exact) mass is 282 g/mol. The minimum absolute atomic E-state index is 0.00863. The second-order valence-corrected chi connectivity index (χ2v) is 5.33. The topological polar surface area (TPSA) is 83.8 Å². The van der Waals surface area contributed by atoms with Gasteiger partial charge in [0.05, 0.1) is 22.8 Å². The van der Waals surface area contributed by atoms with Crippen molar-refractivity contribution in [3.63, 3.8) is 0 Å². The van der Waals surface area contributed by atoms with Gasteiger partial charge in [-0.2, -0.15) is 0 Å². The lowest BCUT2D eigenvalue weighted by molar-refractivity contribution is -0.119. The molecule has 1 aliphatic rings. The normalized spacial score (nSPS) is 18.3. The molecule has 3 aromatic rings. The minimum Gasteiger partial charge on any atom is -0.364 e. The summed E-state index contributed by atoms with van der Waals surface area (Å²) in [5.41, 5.74) is 4.71. The fourth-order valence-electron chi connectivity index (χ4n) is 2.75. The second kappa shape index (κ2) is 4.44. The van der Waals surface area contributed by atoms with Gasteiger partial charge in [0, 0.05) is 12.0 Å². The fourth-order valence-corrected chi connectivity index (χ4v) is 2.75. The molecule has 0 saturated carbocycles. The molecule has 1 aromatic carbocycles. The van der Waals surface area contributed by atoms with Crippen LogP contribution in [0.25, 0.3) is 22.2 Å². The minimum atomic E-state index is -0.00863. The molecule has 4 rings (SSSR count). The van der Waals surface area contributed by atoms with E-state index in [9.17, 15) is 4.79 Å². The lowest BCUT2D eigenvalue weighted by atomic mass is 10.1. The van der Waals surface area contributed by atoms with Gasteiger partial charge in [-0.25, -0.2) is 4.98 Å². The van der Waals surface area contributed by atoms with E-state index in [1.54, 1.807) is 6.26 Å². The zero-order chi connectivity index (χ0) is 14.4. The van der Waals surface area contributed by atoms with Gasteiger partial charge in [0.15, 0.2) is 0 Å². The Morgan fingerprint density at radius 2 is 2.29 bits per heavy atom. The molecule has 3 heterocycles. The van der Waals surface area contributed by atoms with Gasteiger partial charge in [-0.1, -0.05) is 11.2 Å². The molecule has 0 unspecified atom stereocenters. The molecule has 0 bridgehead atoms. The molecular formula is C15H14N4O2. The molecule has 21 heavy (non-hydrogen) atoms. The lowest BCUT2D eigenvalue weighted by Crippen LogP contribution is -2.19. The summed E-state index contributed by atoms with van der Waals surface area (Å²) in [5.74, 6) is 0.899. The smallest absolute Gasteiger partial charge is 0.220 e. The van der Waals surface area contributed by atoms with E-state index < -0.39 is 0 Å². The van der Waals surface area contributed by atoms with E-state index in [1.165, 1.54) is 0 Å². The first kappa shape index (κ1) is 12.1. The van der Waals surface area contributed by atoms with E-state index in [0.717, 1.165) is 40.1 Å². The number of H-pyrrole nitrogens is 1. The number of fused-ring (bicyclic) bond motifs is 1. The molecule has 106 valence electrons. The molecule has 1 fully saturated rings. The second-order valence-electron chi connectivity index (χ2n) is 5.33. The fraction of sp³-hybridized carbons (Fsp3) is 0.267. The summed E-state index contributed by atoms with van der Waals surface area (Å²) < 4.78 is 4.99. The number of hydrogen-bond acceptors (Lipinski definition) is 4. The van der Waals surface area contributed by atoms with Crippen molar-refractivity contribution in [1.82, 2.24) is 20.4 Å². The molecule has 2 aromatic heterocycles. The van der Waals surface area contributed by atoms with Crippen molar-refractivity contribution in [2.45, 2.75) is 25.8 Å². The Morgan fingerprint density at radius 3 is 3.00 bits per heavy atom. The summed E-state index contributed by atoms with van der Waals surface area (Å²) in [7, 11) is 0. The Morgan fingerprint density at radius 1 is 1.38 bits per heavy atom. The van der Waals surface area contributed by atoms with E-state index in [-0.39, 0.29) is 11.9 Å². The van der Waals surface area contributed by atoms with Crippen LogP contribution in [-0.4, -0.2) is 21.0 Å². The van der Waals surface area contributed by atoms with Crippen LogP contribution >= 0.6 is 0 Å². The Kier molecular flexibility index (Phi) is 2.57. The molecule has 1 amide bonds. The van der Waals surface area contributed by atoms with Crippen LogP contribution in [-0.2, 0) is 4.79 Å². The van der Waals surface area contributed by atoms with Crippen LogP contribution in [0.3, 0.4) is 0 Å². The van der Waals surface area contributed by atoms with Crippen LogP contribution in [0.2, 0.25) is 0 Å². The first-order chi connectivity index (χ1) is 10.2. The van der Waals surface area contributed by atoms with Gasteiger partial charge < -0.3 is 14.8 Å². The Labute approximate surface area is 120 Å². The molecule has 6 nitrogen and oxygen atoms in total. The van der Waals surface area contributed by atoms with E-state index in [2.05, 4.69) is 20.4 Å². The van der Waals surface area contributed by atoms with Crippen molar-refractivity contribution in [2.24, 2.45) is 0 Å². The highest BCUT2D eigenvalue weighted by Crippen LogP contribution is 2.28. The third-order valence-electron chi connectivity index (χ3n) is 3.89. The van der Waals surface area contributed by atoms with Crippen LogP contribution in [0.4, 0.5) is 0 Å². The molecule has 0 spiro atoms. The molecule has 1 saturated heterocycles. The zero-order valence-corrected chi connectivity index (χ0v) is 11.5. The number of amides is 1. The van der Waals surface area contributed by atoms with Gasteiger partial charge in [0.1, 0.15) is 12.1 Å². The van der Waals surface area contributed by atoms with Gasteiger partial charge in [-0.3, -0.25) is 4.79 Å². The average Bonchev–Trinajstić information content (AvgIpc) is 3.16. The van der Waals surface area contributed by atoms with E-state index in [1.807, 2.05) is 25.1 Å². The predicted molar refractivity (Wildman–Crippen MR) is 76.4 cm³/mol. The molecule has 2 N–H and O–H groups in total. The Hall–Kier alpha value is -2.63. The summed E-state index contributed by atoms with van der Waals surface area (Å²) in [6.45, 7) is 1.91. The molecule has 0 aliphatic carbocycles. The van der Waals surface area contributed by atoms with E-state index in [0.29, 0.717) is 6.42 Å². The summed E-state index contributed by atoms with van der Waals surface area (Å²) in [4.78, 5) is 19.2. The van der Waals surface area contributed by atoms with Gasteiger partial charge in [-0.05, 0) is 31.0 Å². The molecular weight excluding hydrogens is 268 g/mol. The number of benzene rings is 1. The van der Waals surface area contributed by atoms with Gasteiger partial charge in [0.2, 0.25) is 5.91 Å². The first-order valence-electron chi connectivity index (χ1n) is 6.91. The maximum Gasteiger partial charge on any atom is 0.220 e. The number of aryl methyl sites for hydroxylation is 1. The van der Waals surface area contributed by atoms with Gasteiger partial charge in [-0.15, -0.1) is 0 Å². The quantitative estimate of drug-likeness (QED) is 0.756. The summed E-state index contributed by atoms with van der Waals surface area (Å²) >= 11 is 0. The SMILES string of the molecule is Cc1nocc1-c1ccc2nc([C@@H]3CCC(=O)N3)[nH]c2c1. The summed E-state index contributed by atoms with van der Waals surface area (Å²) in [5, 5.41) is 6.83. The number of hydrogen-bond donors (Lipinski definition) is 2. The average molecular weight is 282 g/mol. The number of carbonyl (C=O) groups is 1. The highest BCUT2D eigenvalue weighted by molar-refractivity contribution is 5.83. The number of carbonyl (C=O) groups excluding carboxylic acids is 1. The third-order valence-corrected chi connectivity index (χ3v) is 3.89. The first-order valence-corrected chi connectivity index (χ1v) is 6.91. The standard InChI is InChI=1S/C15H14N4O2/c1-8-10(7-21-19-8)9-2-3-11-13(6-9)18-15(17-11)12-4-5-14(20)16-12/h2-3,6-7,12H,4-5H2,1H3,(H,16,20)(H,17,18)/t12-/m0/s1. The van der Waals surface area contributed by atoms with Crippen LogP contribution in [0.5, 0.6) is 0 Å². The predicted octanol–water partition coefficient (Wildman–Crippen LogP) is 2.48. The highest BCUT2D eigenvalue weighted by Gasteiger charge is 2.24. The highest BCUT2D eigenvalue weighted by atomic mass is 16.5. The number of imidazole rings is 1. The summed E-state index contributed by atoms with van der Waals surface area (Å²) in [6, 6.07) is 5.99. The lowest BCUT2D eigenvalue weighted by Gasteiger charge is -2.04. The molecule has 1 atom stereocenters. The van der Waals surface area contributed by atoms with Crippen molar-refractivity contribution < 1.29 is 9.32 Å². The molecule has 1 aliphatic heterocycles. The molecule has 0 radical (unpaired) electrons. The van der Waals surface area contributed by atoms with Gasteiger partial charge >= 0.3 is 0 Å². The van der Waals surface area contributed by atoms with Crippen LogP contribution in [0, 0.1) is 6.92 Å². The van der Waals surface area contributed by atoms with Crippen molar-refractivity contribution in [3.8, 4) is 11.1 Å².